The average Bonchev–Trinajstić information content (AvgIpc) is 2.99. The molecule has 0 aromatic heterocycles. The third kappa shape index (κ3) is 8.74. The summed E-state index contributed by atoms with van der Waals surface area (Å²) < 4.78 is 6.49. The topological polar surface area (TPSA) is 149 Å². The van der Waals surface area contributed by atoms with E-state index in [0.717, 1.165) is 5.56 Å². The van der Waals surface area contributed by atoms with E-state index in [-0.39, 0.29) is 42.5 Å². The number of fused-ring (bicyclic) bond motifs is 1. The number of anilines is 3. The Kier molecular flexibility index (Phi) is 11.0. The van der Waals surface area contributed by atoms with Gasteiger partial charge in [-0.3, -0.25) is 14.5 Å². The zero-order chi connectivity index (χ0) is 32.7. The van der Waals surface area contributed by atoms with Crippen molar-refractivity contribution in [3.05, 3.63) is 83.4 Å². The Morgan fingerprint density at radius 3 is 2.44 bits per heavy atom. The molecule has 4 rings (SSSR count). The number of likely N-dealkylation sites (N-methyl/N-ethyl adjacent to an activating group) is 1. The van der Waals surface area contributed by atoms with Gasteiger partial charge >= 0.3 is 6.03 Å². The first kappa shape index (κ1) is 33.3. The van der Waals surface area contributed by atoms with Crippen molar-refractivity contribution in [1.29, 1.82) is 0 Å². The number of benzene rings is 3. The van der Waals surface area contributed by atoms with Gasteiger partial charge in [0.15, 0.2) is 0 Å². The molecule has 11 nitrogen and oxygen atoms in total. The number of nitrogens with zero attached hydrogens (tertiary/aromatic N) is 2. The molecule has 0 aliphatic carbocycles. The van der Waals surface area contributed by atoms with E-state index in [1.807, 2.05) is 59.0 Å². The summed E-state index contributed by atoms with van der Waals surface area (Å²) in [6.07, 6.45) is -0.278. The molecule has 45 heavy (non-hydrogen) atoms. The van der Waals surface area contributed by atoms with E-state index < -0.39 is 6.04 Å². The molecule has 0 spiro atoms. The van der Waals surface area contributed by atoms with Crippen LogP contribution >= 0.6 is 0 Å². The predicted octanol–water partition coefficient (Wildman–Crippen LogP) is 4.40. The number of ether oxygens (including phenoxy) is 1. The van der Waals surface area contributed by atoms with Gasteiger partial charge in [-0.2, -0.15) is 0 Å². The quantitative estimate of drug-likeness (QED) is 0.212. The molecule has 6 N–H and O–H groups in total. The summed E-state index contributed by atoms with van der Waals surface area (Å²) in [5, 5.41) is 18.3. The number of hydrogen-bond acceptors (Lipinski definition) is 7. The molecule has 3 atom stereocenters. The van der Waals surface area contributed by atoms with Gasteiger partial charge in [-0.25, -0.2) is 4.79 Å². The lowest BCUT2D eigenvalue weighted by molar-refractivity contribution is 0.0341. The van der Waals surface area contributed by atoms with Gasteiger partial charge in [0.25, 0.3) is 11.8 Å². The largest absolute Gasteiger partial charge is 0.488 e. The summed E-state index contributed by atoms with van der Waals surface area (Å²) in [5.74, 6) is -0.135. The minimum Gasteiger partial charge on any atom is -0.488 e. The molecule has 0 saturated heterocycles. The number of hydrogen-bond donors (Lipinski definition) is 5. The smallest absolute Gasteiger partial charge is 0.319 e. The Balaban J connectivity index is 1.47. The normalized spacial score (nSPS) is 17.2. The highest BCUT2D eigenvalue weighted by molar-refractivity contribution is 6.05. The number of rotatable bonds is 10. The predicted molar refractivity (Wildman–Crippen MR) is 176 cm³/mol. The molecule has 11 heteroatoms. The van der Waals surface area contributed by atoms with Crippen LogP contribution in [0, 0.1) is 5.92 Å². The van der Waals surface area contributed by atoms with Crippen LogP contribution in [0.2, 0.25) is 0 Å². The molecule has 0 bridgehead atoms. The van der Waals surface area contributed by atoms with Gasteiger partial charge in [-0.15, -0.1) is 0 Å². The second kappa shape index (κ2) is 14.9. The summed E-state index contributed by atoms with van der Waals surface area (Å²) in [4.78, 5) is 42.5. The van der Waals surface area contributed by atoms with Crippen LogP contribution in [-0.4, -0.2) is 77.7 Å². The molecule has 3 aromatic rings. The maximum atomic E-state index is 13.7. The van der Waals surface area contributed by atoms with Crippen molar-refractivity contribution >= 4 is 34.9 Å². The highest BCUT2D eigenvalue weighted by Crippen LogP contribution is 2.31. The van der Waals surface area contributed by atoms with Crippen LogP contribution in [0.3, 0.4) is 0 Å². The summed E-state index contributed by atoms with van der Waals surface area (Å²) >= 11 is 0. The lowest BCUT2D eigenvalue weighted by Crippen LogP contribution is -2.49. The van der Waals surface area contributed by atoms with E-state index in [1.54, 1.807) is 47.4 Å². The molecule has 3 aromatic carbocycles. The molecular weight excluding hydrogens is 572 g/mol. The van der Waals surface area contributed by atoms with Crippen LogP contribution in [0.25, 0.3) is 0 Å². The Bertz CT molecular complexity index is 1490. The van der Waals surface area contributed by atoms with Crippen LogP contribution in [0.5, 0.6) is 5.75 Å². The fourth-order valence-corrected chi connectivity index (χ4v) is 5.20. The molecule has 240 valence electrons. The number of para-hydroxylation sites is 2. The third-order valence-electron chi connectivity index (χ3n) is 7.71. The number of aliphatic hydroxyl groups excluding tert-OH is 1. The fourth-order valence-electron chi connectivity index (χ4n) is 5.20. The second-order valence-electron chi connectivity index (χ2n) is 12.0. The van der Waals surface area contributed by atoms with Gasteiger partial charge in [-0.1, -0.05) is 31.2 Å². The number of carbonyl (C=O) groups is 3. The highest BCUT2D eigenvalue weighted by Gasteiger charge is 2.33. The third-order valence-corrected chi connectivity index (χ3v) is 7.71. The maximum absolute atomic E-state index is 13.7. The maximum Gasteiger partial charge on any atom is 0.319 e. The van der Waals surface area contributed by atoms with Gasteiger partial charge in [-0.05, 0) is 75.8 Å². The molecule has 1 aliphatic heterocycles. The van der Waals surface area contributed by atoms with Gasteiger partial charge in [0.1, 0.15) is 11.9 Å². The van der Waals surface area contributed by atoms with Crippen molar-refractivity contribution in [1.82, 2.24) is 15.1 Å². The molecule has 0 saturated carbocycles. The van der Waals surface area contributed by atoms with E-state index in [9.17, 15) is 19.5 Å². The molecule has 0 radical (unpaired) electrons. The number of nitrogens with one attached hydrogen (secondary N) is 3. The van der Waals surface area contributed by atoms with Crippen molar-refractivity contribution < 1.29 is 24.2 Å². The second-order valence-corrected chi connectivity index (χ2v) is 12.0. The summed E-state index contributed by atoms with van der Waals surface area (Å²) in [6, 6.07) is 18.8. The van der Waals surface area contributed by atoms with Crippen LogP contribution in [-0.2, 0) is 6.54 Å². The first-order valence-electron chi connectivity index (χ1n) is 15.2. The fraction of sp³-hybridized carbons (Fsp3) is 0.382. The molecule has 1 aliphatic rings. The van der Waals surface area contributed by atoms with Crippen molar-refractivity contribution in [2.75, 3.05) is 43.1 Å². The van der Waals surface area contributed by atoms with Crippen molar-refractivity contribution in [2.45, 2.75) is 52.4 Å². The van der Waals surface area contributed by atoms with Gasteiger partial charge in [0, 0.05) is 42.8 Å². The van der Waals surface area contributed by atoms with Crippen LogP contribution < -0.4 is 26.4 Å². The van der Waals surface area contributed by atoms with Crippen LogP contribution in [0.1, 0.15) is 54.0 Å². The molecule has 0 unspecified atom stereocenters. The Morgan fingerprint density at radius 1 is 1.07 bits per heavy atom. The van der Waals surface area contributed by atoms with Gasteiger partial charge in [0.2, 0.25) is 0 Å². The Hall–Kier alpha value is -4.61. The van der Waals surface area contributed by atoms with E-state index in [0.29, 0.717) is 53.6 Å². The van der Waals surface area contributed by atoms with Crippen LogP contribution in [0.4, 0.5) is 21.9 Å². The number of urea groups is 1. The zero-order valence-electron chi connectivity index (χ0n) is 26.5. The Morgan fingerprint density at radius 2 is 1.78 bits per heavy atom. The number of carbonyl (C=O) groups excluding carboxylic acids is 3. The van der Waals surface area contributed by atoms with Crippen molar-refractivity contribution in [2.24, 2.45) is 5.92 Å². The summed E-state index contributed by atoms with van der Waals surface area (Å²) in [7, 11) is 1.99. The standard InChI is InChI=1S/C34H44N6O5/c1-21(2)36-34(44)37-26-14-15-30-27(16-26)33(43)40(23(4)20-41)17-22(3)31(45-30)19-39(5)18-24-10-12-25(13-11-24)32(42)38-29-9-7-6-8-28(29)35/h6-16,21-23,31,41H,17-20,35H2,1-5H3,(H,38,42)(H2,36,37,44)/t22-,23-,31-/m1/s1. The molecule has 0 fully saturated rings. The lowest BCUT2D eigenvalue weighted by atomic mass is 9.99. The van der Waals surface area contributed by atoms with Crippen molar-refractivity contribution in [3.8, 4) is 5.75 Å². The van der Waals surface area contributed by atoms with E-state index in [1.165, 1.54) is 0 Å². The number of aliphatic hydroxyl groups is 1. The average molecular weight is 617 g/mol. The number of amides is 4. The summed E-state index contributed by atoms with van der Waals surface area (Å²) in [6.45, 7) is 8.94. The first-order chi connectivity index (χ1) is 21.4. The SMILES string of the molecule is CC(C)NC(=O)Nc1ccc2c(c1)C(=O)N([C@H](C)CO)C[C@@H](C)[C@@H](CN(C)Cc1ccc(C(=O)Nc3ccccc3N)cc1)O2. The molecular formula is C34H44N6O5. The molecule has 4 amide bonds. The van der Waals surface area contributed by atoms with Gasteiger partial charge in [0.05, 0.1) is 29.6 Å². The minimum atomic E-state index is -0.404. The summed E-state index contributed by atoms with van der Waals surface area (Å²) in [5.41, 5.74) is 9.36. The molecule has 1 heterocycles. The zero-order valence-corrected chi connectivity index (χ0v) is 26.5. The van der Waals surface area contributed by atoms with E-state index in [2.05, 4.69) is 20.9 Å². The first-order valence-corrected chi connectivity index (χ1v) is 15.2. The van der Waals surface area contributed by atoms with E-state index >= 15 is 0 Å². The number of nitrogen functional groups attached to an aromatic ring is 1. The monoisotopic (exact) mass is 616 g/mol. The highest BCUT2D eigenvalue weighted by atomic mass is 16.5. The number of nitrogens with two attached hydrogens (primary N) is 1. The van der Waals surface area contributed by atoms with E-state index in [4.69, 9.17) is 10.5 Å². The lowest BCUT2D eigenvalue weighted by Gasteiger charge is -2.38. The Labute approximate surface area is 264 Å². The van der Waals surface area contributed by atoms with Crippen LogP contribution in [0.15, 0.2) is 66.7 Å². The van der Waals surface area contributed by atoms with Gasteiger partial charge < -0.3 is 36.4 Å². The van der Waals surface area contributed by atoms with Crippen molar-refractivity contribution in [3.63, 3.8) is 0 Å². The minimum absolute atomic E-state index is 0.0450.